The van der Waals surface area contributed by atoms with E-state index in [1.54, 1.807) is 19.6 Å². The third kappa shape index (κ3) is 16.9. The fourth-order valence-electron chi connectivity index (χ4n) is 6.08. The molecule has 0 aliphatic carbocycles. The molecular formula is C29H47N7O14. The minimum Gasteiger partial charge on any atom is -0.480 e. The maximum absolute atomic E-state index is 12.9. The van der Waals surface area contributed by atoms with Crippen LogP contribution in [0.15, 0.2) is 0 Å². The summed E-state index contributed by atoms with van der Waals surface area (Å²) in [6.07, 6.45) is 0.348. The van der Waals surface area contributed by atoms with Crippen molar-refractivity contribution in [1.29, 1.82) is 0 Å². The predicted octanol–water partition coefficient (Wildman–Crippen LogP) is -4.46. The molecule has 0 aromatic rings. The molecule has 2 rings (SSSR count). The minimum atomic E-state index is -1.26. The first-order chi connectivity index (χ1) is 23.5. The number of rotatable bonds is 22. The Morgan fingerprint density at radius 2 is 0.840 bits per heavy atom. The monoisotopic (exact) mass is 717 g/mol. The van der Waals surface area contributed by atoms with Gasteiger partial charge in [-0.05, 0) is 6.42 Å². The van der Waals surface area contributed by atoms with E-state index in [1.165, 1.54) is 9.80 Å². The molecule has 2 unspecified atom stereocenters. The molecule has 0 aromatic heterocycles. The van der Waals surface area contributed by atoms with Crippen LogP contribution in [0, 0.1) is 0 Å². The SMILES string of the molecule is O=C(O)CN1CCN(CC(=O)CCCNC(=O)CN2CCN(CC(=O)O)CC(N(CC(=O)O)CC(=O)O)C2)CC(N(CC(=O)O)CC(=O)O)C1. The first kappa shape index (κ1) is 41.9. The molecule has 0 bridgehead atoms. The summed E-state index contributed by atoms with van der Waals surface area (Å²) in [5.74, 6) is -7.83. The van der Waals surface area contributed by atoms with Crippen LogP contribution in [0.2, 0.25) is 0 Å². The van der Waals surface area contributed by atoms with Crippen LogP contribution >= 0.6 is 0 Å². The third-order valence-corrected chi connectivity index (χ3v) is 8.17. The molecule has 2 aliphatic heterocycles. The fourth-order valence-corrected chi connectivity index (χ4v) is 6.08. The van der Waals surface area contributed by atoms with Crippen molar-refractivity contribution in [3.63, 3.8) is 0 Å². The van der Waals surface area contributed by atoms with E-state index in [-0.39, 0.29) is 104 Å². The Morgan fingerprint density at radius 3 is 1.18 bits per heavy atom. The lowest BCUT2D eigenvalue weighted by molar-refractivity contribution is -0.145. The van der Waals surface area contributed by atoms with Gasteiger partial charge in [-0.3, -0.25) is 67.8 Å². The minimum absolute atomic E-state index is 0.0511. The van der Waals surface area contributed by atoms with Gasteiger partial charge >= 0.3 is 35.8 Å². The van der Waals surface area contributed by atoms with Gasteiger partial charge in [0.05, 0.1) is 52.4 Å². The average Bonchev–Trinajstić information content (AvgIpc) is 3.29. The van der Waals surface area contributed by atoms with Crippen molar-refractivity contribution in [3.8, 4) is 0 Å². The highest BCUT2D eigenvalue weighted by molar-refractivity contribution is 5.81. The summed E-state index contributed by atoms with van der Waals surface area (Å²) < 4.78 is 0. The van der Waals surface area contributed by atoms with Crippen molar-refractivity contribution < 1.29 is 69.0 Å². The molecule has 282 valence electrons. The largest absolute Gasteiger partial charge is 0.480 e. The zero-order valence-corrected chi connectivity index (χ0v) is 27.7. The number of amides is 1. The molecule has 7 N–H and O–H groups in total. The van der Waals surface area contributed by atoms with Gasteiger partial charge in [-0.2, -0.15) is 0 Å². The zero-order valence-electron chi connectivity index (χ0n) is 27.7. The van der Waals surface area contributed by atoms with Crippen molar-refractivity contribution >= 4 is 47.5 Å². The van der Waals surface area contributed by atoms with Crippen LogP contribution in [0.1, 0.15) is 12.8 Å². The number of carbonyl (C=O) groups excluding carboxylic acids is 2. The predicted molar refractivity (Wildman–Crippen MR) is 170 cm³/mol. The number of hydrogen-bond acceptors (Lipinski definition) is 14. The second-order valence-electron chi connectivity index (χ2n) is 12.4. The summed E-state index contributed by atoms with van der Waals surface area (Å²) in [6.45, 7) is -1.60. The highest BCUT2D eigenvalue weighted by atomic mass is 16.4. The smallest absolute Gasteiger partial charge is 0.317 e. The summed E-state index contributed by atoms with van der Waals surface area (Å²) >= 11 is 0. The fraction of sp³-hybridized carbons (Fsp3) is 0.724. The number of ketones is 1. The van der Waals surface area contributed by atoms with Gasteiger partial charge in [0.1, 0.15) is 5.78 Å². The number of carbonyl (C=O) groups is 8. The van der Waals surface area contributed by atoms with Gasteiger partial charge in [-0.1, -0.05) is 0 Å². The Morgan fingerprint density at radius 1 is 0.500 bits per heavy atom. The third-order valence-electron chi connectivity index (χ3n) is 8.17. The first-order valence-corrected chi connectivity index (χ1v) is 16.0. The molecule has 2 aliphatic rings. The van der Waals surface area contributed by atoms with Crippen molar-refractivity contribution in [2.75, 3.05) is 111 Å². The standard InChI is InChI=1S/C29H47N7O14/c37-22(12-31-4-6-33(14-24(39)40)10-20(8-31)35(16-26(43)44)17-27(45)46)2-1-3-30-23(38)13-32-5-7-34(15-25(41)42)11-21(9-32)36(18-28(47)48)19-29(49)50/h20-21H,1-19H2,(H,30,38)(H,39,40)(H,41,42)(H,43,44)(H,45,46)(H,47,48)(H,49,50). The summed E-state index contributed by atoms with van der Waals surface area (Å²) in [7, 11) is 0. The number of nitrogens with zero attached hydrogens (tertiary/aromatic N) is 6. The van der Waals surface area contributed by atoms with Crippen LogP contribution in [-0.2, 0) is 38.4 Å². The lowest BCUT2D eigenvalue weighted by Gasteiger charge is -2.32. The van der Waals surface area contributed by atoms with Crippen LogP contribution in [0.3, 0.4) is 0 Å². The van der Waals surface area contributed by atoms with Crippen LogP contribution < -0.4 is 5.32 Å². The quantitative estimate of drug-likeness (QED) is 0.0520. The van der Waals surface area contributed by atoms with E-state index < -0.39 is 80.0 Å². The van der Waals surface area contributed by atoms with Crippen molar-refractivity contribution in [2.45, 2.75) is 24.9 Å². The van der Waals surface area contributed by atoms with E-state index in [9.17, 15) is 69.0 Å². The van der Waals surface area contributed by atoms with Crippen LogP contribution in [0.25, 0.3) is 0 Å². The highest BCUT2D eigenvalue weighted by Crippen LogP contribution is 2.13. The molecular weight excluding hydrogens is 670 g/mol. The van der Waals surface area contributed by atoms with Crippen molar-refractivity contribution in [3.05, 3.63) is 0 Å². The second-order valence-corrected chi connectivity index (χ2v) is 12.4. The van der Waals surface area contributed by atoms with Crippen molar-refractivity contribution in [1.82, 2.24) is 34.7 Å². The highest BCUT2D eigenvalue weighted by Gasteiger charge is 2.33. The van der Waals surface area contributed by atoms with Gasteiger partial charge in [0.25, 0.3) is 0 Å². The second kappa shape index (κ2) is 21.1. The van der Waals surface area contributed by atoms with Gasteiger partial charge in [0.2, 0.25) is 5.91 Å². The Balaban J connectivity index is 1.94. The van der Waals surface area contributed by atoms with Crippen LogP contribution in [0.4, 0.5) is 0 Å². The number of carboxylic acid groups (broad SMARTS) is 6. The lowest BCUT2D eigenvalue weighted by atomic mass is 10.1. The van der Waals surface area contributed by atoms with Crippen molar-refractivity contribution in [2.24, 2.45) is 0 Å². The number of aliphatic carboxylic acids is 6. The Kier molecular flexibility index (Phi) is 17.6. The molecule has 0 radical (unpaired) electrons. The molecule has 21 heteroatoms. The van der Waals surface area contributed by atoms with E-state index in [0.717, 1.165) is 0 Å². The maximum atomic E-state index is 12.9. The molecule has 50 heavy (non-hydrogen) atoms. The molecule has 2 heterocycles. The molecule has 0 spiro atoms. The number of carboxylic acids is 6. The normalized spacial score (nSPS) is 19.8. The Labute approximate surface area is 287 Å². The summed E-state index contributed by atoms with van der Waals surface area (Å²) in [5.41, 5.74) is 0. The Bertz CT molecular complexity index is 1110. The van der Waals surface area contributed by atoms with E-state index in [1.807, 2.05) is 0 Å². The van der Waals surface area contributed by atoms with Gasteiger partial charge in [0.15, 0.2) is 0 Å². The van der Waals surface area contributed by atoms with Gasteiger partial charge in [0, 0.05) is 77.4 Å². The van der Waals surface area contributed by atoms with E-state index in [2.05, 4.69) is 5.32 Å². The molecule has 1 amide bonds. The number of Topliss-reactive ketones (excluding diaryl/α,β-unsaturated/α-hetero) is 1. The van der Waals surface area contributed by atoms with E-state index in [0.29, 0.717) is 0 Å². The van der Waals surface area contributed by atoms with Gasteiger partial charge in [-0.25, -0.2) is 0 Å². The van der Waals surface area contributed by atoms with Crippen LogP contribution in [-0.4, -0.2) is 231 Å². The topological polar surface area (TPSA) is 289 Å². The summed E-state index contributed by atoms with van der Waals surface area (Å²) in [6, 6.07) is -1.36. The van der Waals surface area contributed by atoms with Crippen LogP contribution in [0.5, 0.6) is 0 Å². The number of hydrogen-bond donors (Lipinski definition) is 7. The number of nitrogens with one attached hydrogen (secondary N) is 1. The Hall–Kier alpha value is -4.28. The summed E-state index contributed by atoms with van der Waals surface area (Å²) in [4.78, 5) is 103. The molecule has 0 saturated carbocycles. The van der Waals surface area contributed by atoms with E-state index >= 15 is 0 Å². The zero-order chi connectivity index (χ0) is 37.4. The van der Waals surface area contributed by atoms with Gasteiger partial charge in [-0.15, -0.1) is 0 Å². The lowest BCUT2D eigenvalue weighted by Crippen LogP contribution is -2.51. The molecule has 21 nitrogen and oxygen atoms in total. The average molecular weight is 718 g/mol. The first-order valence-electron chi connectivity index (χ1n) is 16.0. The molecule has 2 fully saturated rings. The molecule has 2 atom stereocenters. The van der Waals surface area contributed by atoms with E-state index in [4.69, 9.17) is 0 Å². The summed E-state index contributed by atoms with van der Waals surface area (Å²) in [5, 5.41) is 58.5. The molecule has 0 aromatic carbocycles. The maximum Gasteiger partial charge on any atom is 0.317 e. The molecule has 2 saturated heterocycles. The van der Waals surface area contributed by atoms with Gasteiger partial charge < -0.3 is 36.0 Å².